The quantitative estimate of drug-likeness (QED) is 0.393. The number of hydrogen-bond acceptors (Lipinski definition) is 4. The lowest BCUT2D eigenvalue weighted by Crippen LogP contribution is -2.56. The number of hydrogen-bond donors (Lipinski definition) is 3. The molecule has 0 saturated heterocycles. The first kappa shape index (κ1) is 19.8. The highest BCUT2D eigenvalue weighted by atomic mass is 35.6. The molecule has 0 aliphatic heterocycles. The Morgan fingerprint density at radius 3 is 2.14 bits per heavy atom. The van der Waals surface area contributed by atoms with Crippen molar-refractivity contribution in [1.29, 1.82) is 0 Å². The number of sulfonamides is 1. The van der Waals surface area contributed by atoms with E-state index < -0.39 is 20.0 Å². The van der Waals surface area contributed by atoms with Crippen LogP contribution in [0.15, 0.2) is 29.2 Å². The van der Waals surface area contributed by atoms with Crippen molar-refractivity contribution in [2.24, 2.45) is 5.73 Å². The third-order valence-corrected chi connectivity index (χ3v) is 5.20. The Bertz CT molecular complexity index is 672. The zero-order valence-corrected chi connectivity index (χ0v) is 15.9. The summed E-state index contributed by atoms with van der Waals surface area (Å²) in [5, 5.41) is 2.47. The summed E-state index contributed by atoms with van der Waals surface area (Å²) in [5.74, 6) is 0. The van der Waals surface area contributed by atoms with Gasteiger partial charge in [-0.05, 0) is 19.1 Å². The normalized spacial score (nSPS) is 13.5. The molecule has 0 aliphatic rings. The lowest BCUT2D eigenvalue weighted by atomic mass is 10.2. The van der Waals surface area contributed by atoms with Crippen LogP contribution in [0.3, 0.4) is 0 Å². The first-order valence-electron chi connectivity index (χ1n) is 5.69. The largest absolute Gasteiger partial charge is 0.388 e. The Hall–Kier alpha value is -0.220. The molecule has 1 rings (SSSR count). The van der Waals surface area contributed by atoms with Crippen molar-refractivity contribution in [3.05, 3.63) is 29.8 Å². The van der Waals surface area contributed by atoms with Crippen LogP contribution in [0.1, 0.15) is 5.56 Å². The molecule has 0 fully saturated rings. The van der Waals surface area contributed by atoms with Gasteiger partial charge in [0.15, 0.2) is 0 Å². The van der Waals surface area contributed by atoms with Gasteiger partial charge in [-0.1, -0.05) is 76.9 Å². The van der Waals surface area contributed by atoms with E-state index in [1.807, 2.05) is 6.92 Å². The van der Waals surface area contributed by atoms with Crippen LogP contribution in [0.2, 0.25) is 0 Å². The Balaban J connectivity index is 3.05. The molecule has 0 bridgehead atoms. The molecule has 0 amide bonds. The first-order chi connectivity index (χ1) is 9.93. The minimum absolute atomic E-state index is 0.0143. The van der Waals surface area contributed by atoms with E-state index >= 15 is 0 Å². The average Bonchev–Trinajstić information content (AvgIpc) is 2.36. The predicted molar refractivity (Wildman–Crippen MR) is 98.1 cm³/mol. The molecule has 0 saturated carbocycles. The van der Waals surface area contributed by atoms with Gasteiger partial charge in [0.25, 0.3) is 0 Å². The van der Waals surface area contributed by atoms with Crippen molar-refractivity contribution >= 4 is 79.2 Å². The van der Waals surface area contributed by atoms with Crippen LogP contribution in [0, 0.1) is 6.92 Å². The van der Waals surface area contributed by atoms with Crippen molar-refractivity contribution in [3.8, 4) is 0 Å². The van der Waals surface area contributed by atoms with Crippen molar-refractivity contribution in [2.75, 3.05) is 0 Å². The number of aryl methyl sites for hydroxylation is 1. The fraction of sp³-hybridized carbons (Fsp3) is 0.273. The minimum Gasteiger partial charge on any atom is -0.388 e. The van der Waals surface area contributed by atoms with Crippen LogP contribution < -0.4 is 15.8 Å². The summed E-state index contributed by atoms with van der Waals surface area (Å²) in [7, 11) is -3.94. The van der Waals surface area contributed by atoms with Crippen molar-refractivity contribution in [3.63, 3.8) is 0 Å². The van der Waals surface area contributed by atoms with Crippen molar-refractivity contribution in [2.45, 2.75) is 21.8 Å². The van der Waals surface area contributed by atoms with Gasteiger partial charge in [-0.25, -0.2) is 8.42 Å². The number of rotatable bonds is 4. The molecule has 0 heterocycles. The predicted octanol–water partition coefficient (Wildman–Crippen LogP) is 2.17. The van der Waals surface area contributed by atoms with Gasteiger partial charge in [0, 0.05) is 0 Å². The second-order valence-electron chi connectivity index (χ2n) is 4.25. The van der Waals surface area contributed by atoms with Gasteiger partial charge in [0.1, 0.15) is 16.1 Å². The van der Waals surface area contributed by atoms with E-state index in [4.69, 9.17) is 52.8 Å². The van der Waals surface area contributed by atoms with Crippen molar-refractivity contribution < 1.29 is 8.42 Å². The second-order valence-corrected chi connectivity index (χ2v) is 9.18. The van der Waals surface area contributed by atoms with Gasteiger partial charge in [0.05, 0.1) is 4.90 Å². The SMILES string of the molecule is Cc1ccc(S(=O)(=O)NC(NC(=S)C(N)=S)C(Cl)(Cl)Cl)cc1. The molecule has 1 atom stereocenters. The van der Waals surface area contributed by atoms with Gasteiger partial charge in [0.2, 0.25) is 13.8 Å². The number of alkyl halides is 3. The zero-order chi connectivity index (χ0) is 17.1. The molecule has 11 heteroatoms. The third kappa shape index (κ3) is 5.77. The summed E-state index contributed by atoms with van der Waals surface area (Å²) in [6.45, 7) is 1.83. The molecule has 1 aromatic rings. The number of nitrogens with one attached hydrogen (secondary N) is 2. The van der Waals surface area contributed by atoms with Crippen LogP contribution in [0.25, 0.3) is 0 Å². The fourth-order valence-electron chi connectivity index (χ4n) is 1.32. The molecule has 4 N–H and O–H groups in total. The highest BCUT2D eigenvalue weighted by Crippen LogP contribution is 2.30. The summed E-state index contributed by atoms with van der Waals surface area (Å²) in [5.41, 5.74) is 6.25. The molecule has 122 valence electrons. The fourth-order valence-corrected chi connectivity index (χ4v) is 3.20. The zero-order valence-electron chi connectivity index (χ0n) is 11.1. The summed E-state index contributed by atoms with van der Waals surface area (Å²) in [4.78, 5) is -0.234. The number of nitrogens with two attached hydrogens (primary N) is 1. The molecule has 1 unspecified atom stereocenters. The maximum absolute atomic E-state index is 12.3. The van der Waals surface area contributed by atoms with E-state index in [-0.39, 0.29) is 14.9 Å². The van der Waals surface area contributed by atoms with Crippen LogP contribution in [-0.2, 0) is 10.0 Å². The molecule has 0 radical (unpaired) electrons. The summed E-state index contributed by atoms with van der Waals surface area (Å²) >= 11 is 26.8. The van der Waals surface area contributed by atoms with E-state index in [1.54, 1.807) is 12.1 Å². The van der Waals surface area contributed by atoms with E-state index in [1.165, 1.54) is 12.1 Å². The second kappa shape index (κ2) is 7.57. The van der Waals surface area contributed by atoms with Crippen LogP contribution in [-0.4, -0.2) is 28.4 Å². The van der Waals surface area contributed by atoms with E-state index in [0.717, 1.165) is 5.56 Å². The van der Waals surface area contributed by atoms with Crippen LogP contribution in [0.4, 0.5) is 0 Å². The number of thiocarbonyl (C=S) groups is 2. The van der Waals surface area contributed by atoms with Gasteiger partial charge >= 0.3 is 0 Å². The van der Waals surface area contributed by atoms with Crippen LogP contribution >= 0.6 is 59.2 Å². The molecular formula is C11H12Cl3N3O2S3. The molecule has 22 heavy (non-hydrogen) atoms. The Kier molecular flexibility index (Phi) is 6.82. The summed E-state index contributed by atoms with van der Waals surface area (Å²) < 4.78 is 24.8. The van der Waals surface area contributed by atoms with Gasteiger partial charge in [-0.15, -0.1) is 0 Å². The highest BCUT2D eigenvalue weighted by molar-refractivity contribution is 7.89. The lowest BCUT2D eigenvalue weighted by molar-refractivity contribution is 0.537. The number of halogens is 3. The highest BCUT2D eigenvalue weighted by Gasteiger charge is 2.37. The smallest absolute Gasteiger partial charge is 0.242 e. The molecular weight excluding hydrogens is 409 g/mol. The Morgan fingerprint density at radius 1 is 1.23 bits per heavy atom. The lowest BCUT2D eigenvalue weighted by Gasteiger charge is -2.27. The van der Waals surface area contributed by atoms with E-state index in [0.29, 0.717) is 0 Å². The maximum Gasteiger partial charge on any atom is 0.242 e. The van der Waals surface area contributed by atoms with Gasteiger partial charge < -0.3 is 11.1 Å². The Labute approximate surface area is 154 Å². The first-order valence-corrected chi connectivity index (χ1v) is 9.13. The standard InChI is InChI=1S/C11H12Cl3N3O2S3/c1-6-2-4-7(5-3-6)22(18,19)17-10(11(12,13)14)16-9(21)8(15)20/h2-5,10,17H,1H3,(H2,15,20)(H,16,21). The monoisotopic (exact) mass is 419 g/mol. The van der Waals surface area contributed by atoms with Gasteiger partial charge in [-0.2, -0.15) is 4.72 Å². The molecule has 5 nitrogen and oxygen atoms in total. The third-order valence-electron chi connectivity index (χ3n) is 2.43. The Morgan fingerprint density at radius 2 is 1.73 bits per heavy atom. The number of benzene rings is 1. The topological polar surface area (TPSA) is 84.2 Å². The van der Waals surface area contributed by atoms with E-state index in [2.05, 4.69) is 22.3 Å². The molecule has 1 aromatic carbocycles. The average molecular weight is 421 g/mol. The molecule has 0 aliphatic carbocycles. The van der Waals surface area contributed by atoms with Crippen molar-refractivity contribution in [1.82, 2.24) is 10.0 Å². The molecule has 0 aromatic heterocycles. The summed E-state index contributed by atoms with van der Waals surface area (Å²) in [6.07, 6.45) is -1.35. The van der Waals surface area contributed by atoms with Gasteiger partial charge in [-0.3, -0.25) is 0 Å². The maximum atomic E-state index is 12.3. The summed E-state index contributed by atoms with van der Waals surface area (Å²) in [6, 6.07) is 6.15. The van der Waals surface area contributed by atoms with E-state index in [9.17, 15) is 8.42 Å². The van der Waals surface area contributed by atoms with Crippen LogP contribution in [0.5, 0.6) is 0 Å². The minimum atomic E-state index is -3.94. The molecule has 0 spiro atoms.